The minimum absolute atomic E-state index is 0.146. The second kappa shape index (κ2) is 7.35. The van der Waals surface area contributed by atoms with Crippen molar-refractivity contribution >= 4 is 11.9 Å². The Bertz CT molecular complexity index is 709. The van der Waals surface area contributed by atoms with E-state index in [1.54, 1.807) is 42.5 Å². The molecule has 2 aromatic rings. The molecule has 0 aliphatic heterocycles. The van der Waals surface area contributed by atoms with Gasteiger partial charge in [-0.25, -0.2) is 0 Å². The topological polar surface area (TPSA) is 65.0 Å². The molecule has 1 N–H and O–H groups in total. The van der Waals surface area contributed by atoms with Crippen LogP contribution in [0.2, 0.25) is 0 Å². The lowest BCUT2D eigenvalue weighted by atomic mass is 10.1. The van der Waals surface area contributed by atoms with Crippen LogP contribution < -0.4 is 14.2 Å². The van der Waals surface area contributed by atoms with E-state index in [1.165, 1.54) is 27.4 Å². The second-order valence-electron chi connectivity index (χ2n) is 4.71. The van der Waals surface area contributed by atoms with Crippen LogP contribution in [0.5, 0.6) is 23.0 Å². The van der Waals surface area contributed by atoms with Gasteiger partial charge >= 0.3 is 0 Å². The molecular formula is C18H18O5. The largest absolute Gasteiger partial charge is 0.508 e. The van der Waals surface area contributed by atoms with Gasteiger partial charge in [0, 0.05) is 5.56 Å². The summed E-state index contributed by atoms with van der Waals surface area (Å²) in [7, 11) is 4.49. The number of allylic oxidation sites excluding steroid dienone is 1. The molecule has 2 rings (SSSR count). The minimum Gasteiger partial charge on any atom is -0.508 e. The third kappa shape index (κ3) is 3.83. The van der Waals surface area contributed by atoms with E-state index in [0.717, 1.165) is 5.56 Å². The third-order valence-corrected chi connectivity index (χ3v) is 3.25. The van der Waals surface area contributed by atoms with Crippen molar-refractivity contribution in [2.75, 3.05) is 21.3 Å². The predicted octanol–water partition coefficient (Wildman–Crippen LogP) is 3.31. The molecule has 0 unspecified atom stereocenters. The number of phenols is 1. The number of phenolic OH excluding ortho intramolecular Hbond substituents is 1. The lowest BCUT2D eigenvalue weighted by Gasteiger charge is -2.13. The van der Waals surface area contributed by atoms with Gasteiger partial charge in [-0.1, -0.05) is 18.2 Å². The molecule has 0 atom stereocenters. The molecule has 2 aromatic carbocycles. The first kappa shape index (κ1) is 16.4. The van der Waals surface area contributed by atoms with E-state index in [1.807, 2.05) is 0 Å². The SMILES string of the molecule is COc1cc(C(=O)/C=C\c2cccc(O)c2)cc(OC)c1OC. The predicted molar refractivity (Wildman–Crippen MR) is 87.6 cm³/mol. The van der Waals surface area contributed by atoms with Crippen molar-refractivity contribution in [1.82, 2.24) is 0 Å². The van der Waals surface area contributed by atoms with E-state index in [0.29, 0.717) is 22.8 Å². The highest BCUT2D eigenvalue weighted by atomic mass is 16.5. The van der Waals surface area contributed by atoms with Crippen molar-refractivity contribution in [3.8, 4) is 23.0 Å². The van der Waals surface area contributed by atoms with E-state index >= 15 is 0 Å². The van der Waals surface area contributed by atoms with Crippen LogP contribution in [0.1, 0.15) is 15.9 Å². The zero-order valence-corrected chi connectivity index (χ0v) is 13.2. The van der Waals surface area contributed by atoms with Crippen molar-refractivity contribution in [3.63, 3.8) is 0 Å². The van der Waals surface area contributed by atoms with E-state index < -0.39 is 0 Å². The second-order valence-corrected chi connectivity index (χ2v) is 4.71. The highest BCUT2D eigenvalue weighted by Gasteiger charge is 2.15. The molecule has 0 saturated carbocycles. The summed E-state index contributed by atoms with van der Waals surface area (Å²) in [4.78, 5) is 12.3. The Morgan fingerprint density at radius 1 is 1.00 bits per heavy atom. The maximum atomic E-state index is 12.3. The van der Waals surface area contributed by atoms with E-state index in [9.17, 15) is 9.90 Å². The molecule has 5 heteroatoms. The number of carbonyl (C=O) groups excluding carboxylic acids is 1. The van der Waals surface area contributed by atoms with E-state index in [-0.39, 0.29) is 11.5 Å². The third-order valence-electron chi connectivity index (χ3n) is 3.25. The van der Waals surface area contributed by atoms with Crippen LogP contribution >= 0.6 is 0 Å². The molecular weight excluding hydrogens is 296 g/mol. The summed E-state index contributed by atoms with van der Waals surface area (Å²) in [5, 5.41) is 9.42. The van der Waals surface area contributed by atoms with Crippen LogP contribution in [0.4, 0.5) is 0 Å². The molecule has 0 aromatic heterocycles. The van der Waals surface area contributed by atoms with E-state index in [4.69, 9.17) is 14.2 Å². The lowest BCUT2D eigenvalue weighted by Crippen LogP contribution is -2.00. The van der Waals surface area contributed by atoms with Crippen molar-refractivity contribution in [2.45, 2.75) is 0 Å². The van der Waals surface area contributed by atoms with Gasteiger partial charge in [-0.2, -0.15) is 0 Å². The average molecular weight is 314 g/mol. The fourth-order valence-electron chi connectivity index (χ4n) is 2.12. The molecule has 0 saturated heterocycles. The zero-order chi connectivity index (χ0) is 16.8. The smallest absolute Gasteiger partial charge is 0.203 e. The van der Waals surface area contributed by atoms with Gasteiger partial charge < -0.3 is 19.3 Å². The van der Waals surface area contributed by atoms with Crippen molar-refractivity contribution < 1.29 is 24.1 Å². The standard InChI is InChI=1S/C18H18O5/c1-21-16-10-13(11-17(22-2)18(16)23-3)15(20)8-7-12-5-4-6-14(19)9-12/h4-11,19H,1-3H3/b8-7-. The fraction of sp³-hybridized carbons (Fsp3) is 0.167. The van der Waals surface area contributed by atoms with Crippen LogP contribution in [0.25, 0.3) is 6.08 Å². The Hall–Kier alpha value is -2.95. The average Bonchev–Trinajstić information content (AvgIpc) is 2.58. The number of methoxy groups -OCH3 is 3. The highest BCUT2D eigenvalue weighted by molar-refractivity contribution is 6.07. The van der Waals surface area contributed by atoms with Gasteiger partial charge in [-0.15, -0.1) is 0 Å². The fourth-order valence-corrected chi connectivity index (χ4v) is 2.12. The minimum atomic E-state index is -0.215. The maximum Gasteiger partial charge on any atom is 0.203 e. The number of carbonyl (C=O) groups is 1. The van der Waals surface area contributed by atoms with E-state index in [2.05, 4.69) is 0 Å². The zero-order valence-electron chi connectivity index (χ0n) is 13.2. The first-order chi connectivity index (χ1) is 11.1. The van der Waals surface area contributed by atoms with Crippen molar-refractivity contribution in [2.24, 2.45) is 0 Å². The molecule has 5 nitrogen and oxygen atoms in total. The number of rotatable bonds is 6. The summed E-state index contributed by atoms with van der Waals surface area (Å²) >= 11 is 0. The maximum absolute atomic E-state index is 12.3. The lowest BCUT2D eigenvalue weighted by molar-refractivity contribution is 0.104. The van der Waals surface area contributed by atoms with Crippen molar-refractivity contribution in [3.05, 3.63) is 53.6 Å². The van der Waals surface area contributed by atoms with Gasteiger partial charge in [-0.05, 0) is 35.9 Å². The van der Waals surface area contributed by atoms with Crippen LogP contribution in [-0.4, -0.2) is 32.2 Å². The molecule has 0 heterocycles. The van der Waals surface area contributed by atoms with Gasteiger partial charge in [0.2, 0.25) is 5.75 Å². The van der Waals surface area contributed by atoms with Crippen LogP contribution in [0.15, 0.2) is 42.5 Å². The number of hydrogen-bond acceptors (Lipinski definition) is 5. The highest BCUT2D eigenvalue weighted by Crippen LogP contribution is 2.38. The summed E-state index contributed by atoms with van der Waals surface area (Å²) in [5.41, 5.74) is 1.14. The Labute approximate surface area is 134 Å². The number of aromatic hydroxyl groups is 1. The summed E-state index contributed by atoms with van der Waals surface area (Å²) < 4.78 is 15.7. The van der Waals surface area contributed by atoms with Gasteiger partial charge in [0.1, 0.15) is 5.75 Å². The molecule has 0 fully saturated rings. The van der Waals surface area contributed by atoms with Crippen LogP contribution in [-0.2, 0) is 0 Å². The first-order valence-electron chi connectivity index (χ1n) is 6.90. The van der Waals surface area contributed by atoms with Crippen LogP contribution in [0, 0.1) is 0 Å². The molecule has 0 aliphatic rings. The quantitative estimate of drug-likeness (QED) is 0.654. The number of ether oxygens (including phenoxy) is 3. The monoisotopic (exact) mass is 314 g/mol. The molecule has 0 aliphatic carbocycles. The van der Waals surface area contributed by atoms with Crippen LogP contribution in [0.3, 0.4) is 0 Å². The molecule has 0 spiro atoms. The van der Waals surface area contributed by atoms with Crippen molar-refractivity contribution in [1.29, 1.82) is 0 Å². The number of hydrogen-bond donors (Lipinski definition) is 1. The van der Waals surface area contributed by atoms with Gasteiger partial charge in [0.25, 0.3) is 0 Å². The van der Waals surface area contributed by atoms with Gasteiger partial charge in [-0.3, -0.25) is 4.79 Å². The molecule has 23 heavy (non-hydrogen) atoms. The Morgan fingerprint density at radius 3 is 2.17 bits per heavy atom. The number of benzene rings is 2. The summed E-state index contributed by atoms with van der Waals surface area (Å²) in [6, 6.07) is 9.82. The molecule has 0 bridgehead atoms. The molecule has 0 amide bonds. The summed E-state index contributed by atoms with van der Waals surface area (Å²) in [5.74, 6) is 1.20. The summed E-state index contributed by atoms with van der Waals surface area (Å²) in [6.45, 7) is 0. The Balaban J connectivity index is 2.32. The summed E-state index contributed by atoms with van der Waals surface area (Å²) in [6.07, 6.45) is 3.06. The van der Waals surface area contributed by atoms with Gasteiger partial charge in [0.05, 0.1) is 21.3 Å². The Morgan fingerprint density at radius 2 is 1.65 bits per heavy atom. The Kier molecular flexibility index (Phi) is 5.25. The first-order valence-corrected chi connectivity index (χ1v) is 6.90. The normalized spacial score (nSPS) is 10.6. The molecule has 120 valence electrons. The van der Waals surface area contributed by atoms with Gasteiger partial charge in [0.15, 0.2) is 17.3 Å². The molecule has 0 radical (unpaired) electrons. The number of ketones is 1.